The van der Waals surface area contributed by atoms with Gasteiger partial charge >= 0.3 is 11.9 Å². The lowest BCUT2D eigenvalue weighted by atomic mass is 10.3. The Morgan fingerprint density at radius 2 is 2.00 bits per heavy atom. The van der Waals surface area contributed by atoms with Crippen molar-refractivity contribution in [3.63, 3.8) is 0 Å². The molecule has 0 saturated heterocycles. The lowest BCUT2D eigenvalue weighted by Crippen LogP contribution is -2.10. The Balaban J connectivity index is 3.07. The molecule has 0 aliphatic rings. The monoisotopic (exact) mass is 196 g/mol. The van der Waals surface area contributed by atoms with Crippen LogP contribution in [0, 0.1) is 6.92 Å². The molecule has 0 bridgehead atoms. The van der Waals surface area contributed by atoms with Gasteiger partial charge in [-0.15, -0.1) is 0 Å². The minimum Gasteiger partial charge on any atom is -0.481 e. The summed E-state index contributed by atoms with van der Waals surface area (Å²) in [4.78, 5) is 28.3. The highest BCUT2D eigenvalue weighted by atomic mass is 16.4. The number of carboxylic acids is 2. The van der Waals surface area contributed by atoms with Crippen molar-refractivity contribution in [2.75, 3.05) is 0 Å². The molecular formula is C8H8N2O4. The van der Waals surface area contributed by atoms with Gasteiger partial charge in [0, 0.05) is 5.69 Å². The van der Waals surface area contributed by atoms with E-state index in [9.17, 15) is 9.59 Å². The fraction of sp³-hybridized carbons (Fsp3) is 0.250. The zero-order chi connectivity index (χ0) is 10.7. The molecule has 0 atom stereocenters. The molecule has 0 saturated carbocycles. The summed E-state index contributed by atoms with van der Waals surface area (Å²) >= 11 is 0. The number of carbonyl (C=O) groups is 2. The highest BCUT2D eigenvalue weighted by Crippen LogP contribution is 2.01. The lowest BCUT2D eigenvalue weighted by Gasteiger charge is -2.00. The summed E-state index contributed by atoms with van der Waals surface area (Å²) < 4.78 is 0. The first-order valence-corrected chi connectivity index (χ1v) is 3.78. The van der Waals surface area contributed by atoms with Gasteiger partial charge < -0.3 is 10.2 Å². The van der Waals surface area contributed by atoms with E-state index < -0.39 is 11.9 Å². The average molecular weight is 196 g/mol. The van der Waals surface area contributed by atoms with Crippen LogP contribution in [0.2, 0.25) is 0 Å². The van der Waals surface area contributed by atoms with Crippen molar-refractivity contribution in [2.24, 2.45) is 0 Å². The Morgan fingerprint density at radius 3 is 2.50 bits per heavy atom. The van der Waals surface area contributed by atoms with Crippen molar-refractivity contribution in [1.29, 1.82) is 0 Å². The maximum Gasteiger partial charge on any atom is 0.354 e. The number of hydrogen-bond donors (Lipinski definition) is 2. The molecule has 6 heteroatoms. The summed E-state index contributed by atoms with van der Waals surface area (Å²) in [6.07, 6.45) is -0.373. The molecule has 1 rings (SSSR count). The van der Waals surface area contributed by atoms with Crippen LogP contribution in [0.5, 0.6) is 0 Å². The van der Waals surface area contributed by atoms with Crippen LogP contribution in [0.3, 0.4) is 0 Å². The molecule has 1 aromatic rings. The fourth-order valence-electron chi connectivity index (χ4n) is 0.954. The van der Waals surface area contributed by atoms with Crippen molar-refractivity contribution >= 4 is 11.9 Å². The van der Waals surface area contributed by atoms with Gasteiger partial charge in [-0.2, -0.15) is 0 Å². The van der Waals surface area contributed by atoms with Crippen LogP contribution in [0.25, 0.3) is 0 Å². The van der Waals surface area contributed by atoms with E-state index in [4.69, 9.17) is 10.2 Å². The second kappa shape index (κ2) is 3.82. The van der Waals surface area contributed by atoms with Crippen LogP contribution in [0.15, 0.2) is 6.07 Å². The van der Waals surface area contributed by atoms with Crippen molar-refractivity contribution < 1.29 is 19.8 Å². The van der Waals surface area contributed by atoms with Crippen molar-refractivity contribution in [3.8, 4) is 0 Å². The first-order chi connectivity index (χ1) is 6.49. The second-order valence-corrected chi connectivity index (χ2v) is 2.69. The van der Waals surface area contributed by atoms with E-state index in [1.165, 1.54) is 6.07 Å². The third-order valence-electron chi connectivity index (χ3n) is 1.43. The maximum atomic E-state index is 10.6. The first kappa shape index (κ1) is 10.1. The zero-order valence-electron chi connectivity index (χ0n) is 7.39. The van der Waals surface area contributed by atoms with Crippen LogP contribution in [0.4, 0.5) is 0 Å². The average Bonchev–Trinajstić information content (AvgIpc) is 2.01. The molecule has 0 fully saturated rings. The molecule has 0 aliphatic heterocycles. The number of aromatic carboxylic acids is 1. The van der Waals surface area contributed by atoms with Gasteiger partial charge in [-0.1, -0.05) is 0 Å². The van der Waals surface area contributed by atoms with Gasteiger partial charge in [0.2, 0.25) is 0 Å². The topological polar surface area (TPSA) is 100 Å². The Bertz CT molecular complexity index is 389. The Kier molecular flexibility index (Phi) is 2.76. The smallest absolute Gasteiger partial charge is 0.354 e. The molecule has 1 heterocycles. The van der Waals surface area contributed by atoms with Gasteiger partial charge in [0.15, 0.2) is 5.69 Å². The van der Waals surface area contributed by atoms with E-state index in [0.29, 0.717) is 5.69 Å². The van der Waals surface area contributed by atoms with Crippen LogP contribution in [-0.4, -0.2) is 32.1 Å². The number of aliphatic carboxylic acids is 1. The normalized spacial score (nSPS) is 9.79. The number of aryl methyl sites for hydroxylation is 1. The molecule has 0 aromatic carbocycles. The quantitative estimate of drug-likeness (QED) is 0.711. The van der Waals surface area contributed by atoms with E-state index in [1.54, 1.807) is 6.92 Å². The molecule has 1 aromatic heterocycles. The van der Waals surface area contributed by atoms with E-state index in [0.717, 1.165) is 0 Å². The van der Waals surface area contributed by atoms with E-state index >= 15 is 0 Å². The molecule has 6 nitrogen and oxygen atoms in total. The van der Waals surface area contributed by atoms with Crippen molar-refractivity contribution in [3.05, 3.63) is 23.3 Å². The predicted octanol–water partition coefficient (Wildman–Crippen LogP) is 0.110. The summed E-state index contributed by atoms with van der Waals surface area (Å²) in [5.41, 5.74) is 0.252. The molecule has 74 valence electrons. The van der Waals surface area contributed by atoms with Gasteiger partial charge in [0.25, 0.3) is 0 Å². The highest BCUT2D eigenvalue weighted by Gasteiger charge is 2.10. The van der Waals surface area contributed by atoms with Crippen LogP contribution in [-0.2, 0) is 11.2 Å². The standard InChI is InChI=1S/C8H8N2O4/c1-4-2-5(8(13)14)10-6(9-4)3-7(11)12/h2H,3H2,1H3,(H,11,12)(H,13,14). The van der Waals surface area contributed by atoms with Crippen molar-refractivity contribution in [1.82, 2.24) is 9.97 Å². The van der Waals surface area contributed by atoms with Crippen molar-refractivity contribution in [2.45, 2.75) is 13.3 Å². The second-order valence-electron chi connectivity index (χ2n) is 2.69. The number of carboxylic acid groups (broad SMARTS) is 2. The summed E-state index contributed by atoms with van der Waals surface area (Å²) in [6, 6.07) is 1.29. The summed E-state index contributed by atoms with van der Waals surface area (Å²) in [7, 11) is 0. The number of rotatable bonds is 3. The predicted molar refractivity (Wildman–Crippen MR) is 45.1 cm³/mol. The van der Waals surface area contributed by atoms with Crippen LogP contribution >= 0.6 is 0 Å². The van der Waals surface area contributed by atoms with Crippen LogP contribution in [0.1, 0.15) is 22.0 Å². The molecule has 0 unspecified atom stereocenters. The number of aromatic nitrogens is 2. The van der Waals surface area contributed by atoms with E-state index in [-0.39, 0.29) is 17.9 Å². The largest absolute Gasteiger partial charge is 0.481 e. The summed E-state index contributed by atoms with van der Waals surface area (Å²) in [5, 5.41) is 17.1. The fourth-order valence-corrected chi connectivity index (χ4v) is 0.954. The Labute approximate surface area is 79.2 Å². The Morgan fingerprint density at radius 1 is 1.36 bits per heavy atom. The first-order valence-electron chi connectivity index (χ1n) is 3.78. The maximum absolute atomic E-state index is 10.6. The highest BCUT2D eigenvalue weighted by molar-refractivity contribution is 5.85. The zero-order valence-corrected chi connectivity index (χ0v) is 7.39. The van der Waals surface area contributed by atoms with Gasteiger partial charge in [0.1, 0.15) is 12.2 Å². The Hall–Kier alpha value is -1.98. The minimum atomic E-state index is -1.19. The van der Waals surface area contributed by atoms with E-state index in [1.807, 2.05) is 0 Å². The summed E-state index contributed by atoms with van der Waals surface area (Å²) in [5.74, 6) is -2.27. The summed E-state index contributed by atoms with van der Waals surface area (Å²) in [6.45, 7) is 1.58. The molecule has 0 amide bonds. The lowest BCUT2D eigenvalue weighted by molar-refractivity contribution is -0.136. The third kappa shape index (κ3) is 2.51. The van der Waals surface area contributed by atoms with Gasteiger partial charge in [0.05, 0.1) is 0 Å². The minimum absolute atomic E-state index is 0.00917. The molecule has 2 N–H and O–H groups in total. The molecule has 0 spiro atoms. The molecule has 0 radical (unpaired) electrons. The van der Waals surface area contributed by atoms with Crippen LogP contribution < -0.4 is 0 Å². The number of nitrogens with zero attached hydrogens (tertiary/aromatic N) is 2. The third-order valence-corrected chi connectivity index (χ3v) is 1.43. The molecule has 14 heavy (non-hydrogen) atoms. The number of hydrogen-bond acceptors (Lipinski definition) is 4. The molecule has 0 aliphatic carbocycles. The SMILES string of the molecule is Cc1cc(C(=O)O)nc(CC(=O)O)n1. The van der Waals surface area contributed by atoms with E-state index in [2.05, 4.69) is 9.97 Å². The van der Waals surface area contributed by atoms with Gasteiger partial charge in [-0.25, -0.2) is 14.8 Å². The molecular weight excluding hydrogens is 188 g/mol. The van der Waals surface area contributed by atoms with Gasteiger partial charge in [-0.3, -0.25) is 4.79 Å². The van der Waals surface area contributed by atoms with Gasteiger partial charge in [-0.05, 0) is 13.0 Å².